The number of quaternary nitrogens is 1. The van der Waals surface area contributed by atoms with E-state index in [1.807, 2.05) is 0 Å². The summed E-state index contributed by atoms with van der Waals surface area (Å²) in [5.74, 6) is -0.627. The first-order chi connectivity index (χ1) is 9.30. The van der Waals surface area contributed by atoms with Crippen LogP contribution in [0.2, 0.25) is 0 Å². The van der Waals surface area contributed by atoms with Gasteiger partial charge in [0.1, 0.15) is 11.8 Å². The molecule has 0 saturated heterocycles. The van der Waals surface area contributed by atoms with Gasteiger partial charge in [0.2, 0.25) is 5.82 Å². The minimum Gasteiger partial charge on any atom is -0.463 e. The van der Waals surface area contributed by atoms with Crippen molar-refractivity contribution in [2.24, 2.45) is 0 Å². The number of alkyl halides is 3. The Morgan fingerprint density at radius 2 is 1.95 bits per heavy atom. The fourth-order valence-electron chi connectivity index (χ4n) is 1.29. The first-order valence-electron chi connectivity index (χ1n) is 5.63. The molecule has 5 nitrogen and oxygen atoms in total. The summed E-state index contributed by atoms with van der Waals surface area (Å²) in [7, 11) is 0. The lowest BCUT2D eigenvalue weighted by molar-refractivity contribution is -0.299. The molecule has 0 atom stereocenters. The van der Waals surface area contributed by atoms with Crippen LogP contribution >= 0.6 is 0 Å². The van der Waals surface area contributed by atoms with Crippen LogP contribution in [0.4, 0.5) is 18.9 Å². The van der Waals surface area contributed by atoms with Crippen molar-refractivity contribution in [3.05, 3.63) is 36.2 Å². The van der Waals surface area contributed by atoms with Crippen molar-refractivity contribution < 1.29 is 33.2 Å². The van der Waals surface area contributed by atoms with Crippen molar-refractivity contribution in [3.8, 4) is 5.75 Å². The zero-order valence-corrected chi connectivity index (χ0v) is 10.7. The third kappa shape index (κ3) is 6.10. The Morgan fingerprint density at radius 1 is 1.35 bits per heavy atom. The number of hydrogen-bond acceptors (Lipinski definition) is 4. The van der Waals surface area contributed by atoms with Crippen molar-refractivity contribution in [1.29, 1.82) is 0 Å². The summed E-state index contributed by atoms with van der Waals surface area (Å²) in [6.45, 7) is 1.91. The van der Waals surface area contributed by atoms with Crippen LogP contribution in [-0.2, 0) is 9.53 Å². The number of nitrogens with one attached hydrogen (secondary N) is 1. The second-order valence-corrected chi connectivity index (χ2v) is 3.62. The molecule has 110 valence electrons. The molecule has 0 aliphatic heterocycles. The third-order valence-electron chi connectivity index (χ3n) is 1.97. The van der Waals surface area contributed by atoms with Gasteiger partial charge in [0.15, 0.2) is 0 Å². The van der Waals surface area contributed by atoms with Gasteiger partial charge in [0.25, 0.3) is 0 Å². The predicted molar refractivity (Wildman–Crippen MR) is 64.4 cm³/mol. The molecule has 0 radical (unpaired) electrons. The number of rotatable bonds is 5. The van der Waals surface area contributed by atoms with Crippen LogP contribution in [0.5, 0.6) is 5.75 Å². The molecule has 0 aliphatic carbocycles. The van der Waals surface area contributed by atoms with Gasteiger partial charge in [0, 0.05) is 5.69 Å². The van der Waals surface area contributed by atoms with Gasteiger partial charge in [-0.25, -0.2) is 4.79 Å². The zero-order valence-electron chi connectivity index (χ0n) is 10.7. The van der Waals surface area contributed by atoms with Crippen LogP contribution in [0.25, 0.3) is 0 Å². The molecule has 0 fully saturated rings. The monoisotopic (exact) mass is 291 g/mol. The number of halogens is 3. The van der Waals surface area contributed by atoms with Crippen LogP contribution in [0.1, 0.15) is 6.92 Å². The molecule has 0 aromatic heterocycles. The molecule has 1 aromatic carbocycles. The second kappa shape index (κ2) is 6.80. The number of carbonyl (C=O) groups excluding carboxylic acids is 1. The van der Waals surface area contributed by atoms with Crippen LogP contribution in [0.3, 0.4) is 0 Å². The maximum atomic E-state index is 12.0. The lowest BCUT2D eigenvalue weighted by Gasteiger charge is -2.09. The summed E-state index contributed by atoms with van der Waals surface area (Å²) in [5.41, 5.74) is 4.04. The van der Waals surface area contributed by atoms with Gasteiger partial charge < -0.3 is 20.5 Å². The molecule has 0 unspecified atom stereocenters. The van der Waals surface area contributed by atoms with E-state index in [0.717, 1.165) is 18.2 Å². The molecular weight excluding hydrogens is 277 g/mol. The smallest absolute Gasteiger partial charge is 0.463 e. The summed E-state index contributed by atoms with van der Waals surface area (Å²) in [5, 5.41) is 2.73. The van der Waals surface area contributed by atoms with Crippen LogP contribution in [0, 0.1) is 0 Å². The number of carbonyl (C=O) groups is 1. The Balaban J connectivity index is 2.63. The molecule has 0 amide bonds. The van der Waals surface area contributed by atoms with Crippen molar-refractivity contribution in [2.75, 3.05) is 11.9 Å². The SMILES string of the molecule is CCOC(=O)C=C([NH3+])Nc1ccc(OC(F)(F)F)cc1. The average Bonchev–Trinajstić information content (AvgIpc) is 2.30. The molecule has 0 aliphatic rings. The molecule has 1 rings (SSSR count). The molecule has 0 bridgehead atoms. The minimum atomic E-state index is -4.73. The fourth-order valence-corrected chi connectivity index (χ4v) is 1.29. The summed E-state index contributed by atoms with van der Waals surface area (Å²) < 4.78 is 44.3. The molecule has 0 spiro atoms. The lowest BCUT2D eigenvalue weighted by atomic mass is 10.3. The van der Waals surface area contributed by atoms with Gasteiger partial charge in [-0.15, -0.1) is 13.2 Å². The zero-order chi connectivity index (χ0) is 15.2. The highest BCUT2D eigenvalue weighted by atomic mass is 19.4. The molecule has 20 heavy (non-hydrogen) atoms. The number of benzene rings is 1. The molecule has 0 saturated carbocycles. The number of anilines is 1. The molecule has 0 heterocycles. The van der Waals surface area contributed by atoms with Gasteiger partial charge in [-0.3, -0.25) is 0 Å². The topological polar surface area (TPSA) is 75.2 Å². The molecular formula is C12H14F3N2O3+. The van der Waals surface area contributed by atoms with Gasteiger partial charge in [0.05, 0.1) is 6.61 Å². The van der Waals surface area contributed by atoms with Crippen molar-refractivity contribution in [2.45, 2.75) is 13.3 Å². The summed E-state index contributed by atoms with van der Waals surface area (Å²) in [4.78, 5) is 11.1. The normalized spacial score (nSPS) is 11.9. The first-order valence-corrected chi connectivity index (χ1v) is 5.63. The van der Waals surface area contributed by atoms with Crippen molar-refractivity contribution in [3.63, 3.8) is 0 Å². The van der Waals surface area contributed by atoms with Gasteiger partial charge in [-0.2, -0.15) is 0 Å². The minimum absolute atomic E-state index is 0.242. The maximum Gasteiger partial charge on any atom is 0.573 e. The van der Waals surface area contributed by atoms with E-state index in [0.29, 0.717) is 5.69 Å². The Labute approximate surface area is 113 Å². The predicted octanol–water partition coefficient (Wildman–Crippen LogP) is 1.64. The van der Waals surface area contributed by atoms with E-state index >= 15 is 0 Å². The van der Waals surface area contributed by atoms with E-state index in [2.05, 4.69) is 20.5 Å². The van der Waals surface area contributed by atoms with Crippen LogP contribution in [0.15, 0.2) is 36.2 Å². The van der Waals surface area contributed by atoms with Gasteiger partial charge in [-0.1, -0.05) is 0 Å². The summed E-state index contributed by atoms with van der Waals surface area (Å²) >= 11 is 0. The van der Waals surface area contributed by atoms with E-state index in [9.17, 15) is 18.0 Å². The van der Waals surface area contributed by atoms with E-state index in [-0.39, 0.29) is 18.2 Å². The number of ether oxygens (including phenoxy) is 2. The number of hydrogen-bond donors (Lipinski definition) is 2. The summed E-state index contributed by atoms with van der Waals surface area (Å²) in [6, 6.07) is 5.03. The lowest BCUT2D eigenvalue weighted by Crippen LogP contribution is -2.51. The Kier molecular flexibility index (Phi) is 5.39. The van der Waals surface area contributed by atoms with Crippen LogP contribution in [-0.4, -0.2) is 18.9 Å². The molecule has 4 N–H and O–H groups in total. The molecule has 1 aromatic rings. The largest absolute Gasteiger partial charge is 0.573 e. The fraction of sp³-hybridized carbons (Fsp3) is 0.250. The highest BCUT2D eigenvalue weighted by Crippen LogP contribution is 2.23. The Bertz CT molecular complexity index is 484. The highest BCUT2D eigenvalue weighted by molar-refractivity contribution is 5.82. The standard InChI is InChI=1S/C12H13F3N2O3/c1-2-19-11(18)7-10(16)17-8-3-5-9(6-4-8)20-12(13,14)15/h3-7,17H,2,16H2,1H3/p+1. The maximum absolute atomic E-state index is 12.0. The number of esters is 1. The van der Waals surface area contributed by atoms with Crippen molar-refractivity contribution >= 4 is 11.7 Å². The molecule has 8 heteroatoms. The quantitative estimate of drug-likeness (QED) is 0.639. The highest BCUT2D eigenvalue weighted by Gasteiger charge is 2.30. The van der Waals surface area contributed by atoms with Gasteiger partial charge in [-0.05, 0) is 31.2 Å². The Morgan fingerprint density at radius 3 is 2.45 bits per heavy atom. The average molecular weight is 291 g/mol. The van der Waals surface area contributed by atoms with E-state index in [4.69, 9.17) is 0 Å². The van der Waals surface area contributed by atoms with E-state index in [1.54, 1.807) is 6.92 Å². The Hall–Kier alpha value is -2.22. The van der Waals surface area contributed by atoms with E-state index in [1.165, 1.54) is 12.1 Å². The third-order valence-corrected chi connectivity index (χ3v) is 1.97. The van der Waals surface area contributed by atoms with Crippen molar-refractivity contribution in [1.82, 2.24) is 0 Å². The summed E-state index contributed by atoms with van der Waals surface area (Å²) in [6.07, 6.45) is -3.58. The van der Waals surface area contributed by atoms with E-state index < -0.39 is 12.3 Å². The van der Waals surface area contributed by atoms with Crippen LogP contribution < -0.4 is 15.8 Å². The first kappa shape index (κ1) is 15.8. The second-order valence-electron chi connectivity index (χ2n) is 3.62. The van der Waals surface area contributed by atoms with Gasteiger partial charge >= 0.3 is 12.3 Å².